The first kappa shape index (κ1) is 56.5. The lowest BCUT2D eigenvalue weighted by Crippen LogP contribution is -2.75. The second-order valence-electron chi connectivity index (χ2n) is 15.8. The third-order valence-electron chi connectivity index (χ3n) is 10.9. The van der Waals surface area contributed by atoms with Gasteiger partial charge in [-0.3, -0.25) is 4.98 Å². The number of alkyl halides is 24. The summed E-state index contributed by atoms with van der Waals surface area (Å²) in [7, 11) is 0. The van der Waals surface area contributed by atoms with Crippen LogP contribution in [-0.4, -0.2) is 11.1 Å². The standard InChI is InChI=1S/C32H12BF24.C13H15N2/c34-25(35,36)13-1-14(26(37,38)39)6-21(5-13)33(22-7-15(27(40,41)42)2-16(8-22)28(43,44)45,23-9-17(29(46,47)48)3-18(10-23)30(49,50)51)24-11-19(31(52,53)54)4-20(12-24)32(55,56)57;1-2-13-10-14-8-9-15(13)11-12-6-4-3-5-7-12/h1-12H;3-10H,2,11H2,1H3/q-1;+1. The fourth-order valence-electron chi connectivity index (χ4n) is 7.72. The van der Waals surface area contributed by atoms with Crippen molar-refractivity contribution in [1.29, 1.82) is 0 Å². The third kappa shape index (κ3) is 13.0. The van der Waals surface area contributed by atoms with Gasteiger partial charge in [-0.1, -0.05) is 85.8 Å². The Morgan fingerprint density at radius 3 is 0.847 bits per heavy atom. The molecule has 0 aliphatic carbocycles. The first-order chi connectivity index (χ1) is 32.7. The number of aromatic nitrogens is 2. The van der Waals surface area contributed by atoms with Gasteiger partial charge in [0.25, 0.3) is 0 Å². The van der Waals surface area contributed by atoms with E-state index in [1.807, 2.05) is 24.7 Å². The normalized spacial score (nSPS) is 13.5. The minimum Gasteiger partial charge on any atom is -0.252 e. The smallest absolute Gasteiger partial charge is 0.252 e. The number of hydrogen-bond acceptors (Lipinski definition) is 1. The number of nitrogens with zero attached hydrogens (tertiary/aromatic N) is 2. The molecule has 27 heteroatoms. The average Bonchev–Trinajstić information content (AvgIpc) is 3.25. The summed E-state index contributed by atoms with van der Waals surface area (Å²) in [6, 6.07) is 1.67. The molecule has 1 aromatic heterocycles. The predicted octanol–water partition coefficient (Wildman–Crippen LogP) is 13.2. The van der Waals surface area contributed by atoms with Gasteiger partial charge in [0.05, 0.1) is 56.9 Å². The van der Waals surface area contributed by atoms with Gasteiger partial charge in [0.1, 0.15) is 6.15 Å². The number of halogens is 24. The summed E-state index contributed by atoms with van der Waals surface area (Å²) in [4.78, 5) is 4.14. The van der Waals surface area contributed by atoms with Crippen molar-refractivity contribution in [1.82, 2.24) is 4.98 Å². The molecule has 0 aliphatic heterocycles. The third-order valence-corrected chi connectivity index (χ3v) is 10.9. The zero-order valence-electron chi connectivity index (χ0n) is 35.5. The SMILES string of the molecule is CCc1cncc[n+]1Cc1ccccc1.FC(F)(F)c1cc([B-](c2cc(C(F)(F)F)cc(C(F)(F)F)c2)(c2cc(C(F)(F)F)cc(C(F)(F)F)c2)c2cc(C(F)(F)F)cc(C(F)(F)F)c2)cc(C(F)(F)F)c1. The van der Waals surface area contributed by atoms with Crippen molar-refractivity contribution >= 4 is 28.0 Å². The molecule has 0 atom stereocenters. The highest BCUT2D eigenvalue weighted by Crippen LogP contribution is 2.41. The van der Waals surface area contributed by atoms with E-state index in [2.05, 4.69) is 40.7 Å². The second-order valence-corrected chi connectivity index (χ2v) is 15.8. The van der Waals surface area contributed by atoms with Crippen molar-refractivity contribution in [3.05, 3.63) is 177 Å². The maximum Gasteiger partial charge on any atom is 0.416 e. The molecule has 0 amide bonds. The van der Waals surface area contributed by atoms with Gasteiger partial charge in [-0.05, 0) is 24.3 Å². The van der Waals surface area contributed by atoms with Crippen LogP contribution >= 0.6 is 0 Å². The van der Waals surface area contributed by atoms with E-state index in [4.69, 9.17) is 0 Å². The largest absolute Gasteiger partial charge is 0.416 e. The van der Waals surface area contributed by atoms with Gasteiger partial charge < -0.3 is 0 Å². The molecule has 0 saturated carbocycles. The molecule has 72 heavy (non-hydrogen) atoms. The summed E-state index contributed by atoms with van der Waals surface area (Å²) in [5.74, 6) is 0. The molecule has 0 N–H and O–H groups in total. The summed E-state index contributed by atoms with van der Waals surface area (Å²) in [5.41, 5.74) is -27.6. The maximum absolute atomic E-state index is 14.2. The first-order valence-corrected chi connectivity index (χ1v) is 19.9. The van der Waals surface area contributed by atoms with Crippen LogP contribution in [0.15, 0.2) is 122 Å². The van der Waals surface area contributed by atoms with E-state index >= 15 is 0 Å². The summed E-state index contributed by atoms with van der Waals surface area (Å²) in [6.07, 6.45) is -48.0. The van der Waals surface area contributed by atoms with Gasteiger partial charge in [0.2, 0.25) is 0 Å². The molecule has 0 aliphatic rings. The number of rotatable bonds is 7. The van der Waals surface area contributed by atoms with Crippen molar-refractivity contribution < 1.29 is 110 Å². The van der Waals surface area contributed by atoms with Crippen LogP contribution in [0, 0.1) is 0 Å². The van der Waals surface area contributed by atoms with E-state index in [-0.39, 0.29) is 0 Å². The van der Waals surface area contributed by atoms with Crippen LogP contribution in [0.2, 0.25) is 0 Å². The second kappa shape index (κ2) is 19.5. The Balaban J connectivity index is 0.000000542. The number of benzene rings is 5. The van der Waals surface area contributed by atoms with Gasteiger partial charge in [0.15, 0.2) is 18.4 Å². The van der Waals surface area contributed by atoms with E-state index in [9.17, 15) is 105 Å². The van der Waals surface area contributed by atoms with Gasteiger partial charge >= 0.3 is 49.4 Å². The maximum atomic E-state index is 14.2. The van der Waals surface area contributed by atoms with Crippen molar-refractivity contribution in [3.63, 3.8) is 0 Å². The molecule has 1 heterocycles. The van der Waals surface area contributed by atoms with Crippen molar-refractivity contribution in [3.8, 4) is 0 Å². The molecule has 388 valence electrons. The van der Waals surface area contributed by atoms with Crippen molar-refractivity contribution in [2.24, 2.45) is 0 Å². The van der Waals surface area contributed by atoms with Crippen molar-refractivity contribution in [2.45, 2.75) is 69.3 Å². The molecule has 6 aromatic rings. The fourth-order valence-corrected chi connectivity index (χ4v) is 7.72. The zero-order valence-corrected chi connectivity index (χ0v) is 35.5. The minimum absolute atomic E-state index is 0.691. The quantitative estimate of drug-likeness (QED) is 0.0884. The van der Waals surface area contributed by atoms with Crippen LogP contribution < -0.4 is 26.4 Å². The Kier molecular flexibility index (Phi) is 15.3. The molecule has 5 aromatic carbocycles. The molecule has 0 radical (unpaired) electrons. The lowest BCUT2D eigenvalue weighted by atomic mass is 9.12. The lowest BCUT2D eigenvalue weighted by molar-refractivity contribution is -0.696. The van der Waals surface area contributed by atoms with Gasteiger partial charge in [-0.2, -0.15) is 132 Å². The van der Waals surface area contributed by atoms with Crippen LogP contribution in [0.25, 0.3) is 0 Å². The molecule has 6 rings (SSSR count). The monoisotopic (exact) mass is 1060 g/mol. The van der Waals surface area contributed by atoms with E-state index < -0.39 is 195 Å². The van der Waals surface area contributed by atoms with Crippen LogP contribution in [0.1, 0.15) is 62.7 Å². The molecular weight excluding hydrogens is 1040 g/mol. The average molecular weight is 1060 g/mol. The first-order valence-electron chi connectivity index (χ1n) is 19.9. The Morgan fingerprint density at radius 2 is 0.625 bits per heavy atom. The summed E-state index contributed by atoms with van der Waals surface area (Å²) >= 11 is 0. The highest BCUT2D eigenvalue weighted by Gasteiger charge is 2.47. The highest BCUT2D eigenvalue weighted by molar-refractivity contribution is 7.20. The van der Waals surface area contributed by atoms with E-state index in [0.29, 0.717) is 0 Å². The molecule has 0 fully saturated rings. The highest BCUT2D eigenvalue weighted by atomic mass is 19.4. The molecule has 0 saturated heterocycles. The summed E-state index contributed by atoms with van der Waals surface area (Å²) in [5, 5.41) is 0. The van der Waals surface area contributed by atoms with Crippen LogP contribution in [0.3, 0.4) is 0 Å². The zero-order chi connectivity index (χ0) is 54.4. The van der Waals surface area contributed by atoms with Crippen molar-refractivity contribution in [2.75, 3.05) is 0 Å². The minimum atomic E-state index is -6.13. The van der Waals surface area contributed by atoms with Gasteiger partial charge in [0, 0.05) is 12.0 Å². The van der Waals surface area contributed by atoms with E-state index in [0.717, 1.165) is 13.0 Å². The Labute approximate surface area is 389 Å². The topological polar surface area (TPSA) is 16.8 Å². The Hall–Kier alpha value is -6.44. The fraction of sp³-hybridized carbons (Fsp3) is 0.244. The molecule has 2 nitrogen and oxygen atoms in total. The van der Waals surface area contributed by atoms with Gasteiger partial charge in [-0.25, -0.2) is 0 Å². The Morgan fingerprint density at radius 1 is 0.375 bits per heavy atom. The molecule has 0 bridgehead atoms. The number of hydrogen-bond donors (Lipinski definition) is 0. The molecule has 0 unspecified atom stereocenters. The van der Waals surface area contributed by atoms with E-state index in [1.165, 1.54) is 11.3 Å². The lowest BCUT2D eigenvalue weighted by Gasteiger charge is -2.46. The summed E-state index contributed by atoms with van der Waals surface area (Å²) < 4.78 is 343. The van der Waals surface area contributed by atoms with Crippen LogP contribution in [-0.2, 0) is 62.4 Å². The van der Waals surface area contributed by atoms with E-state index in [1.54, 1.807) is 0 Å². The molecular formula is C45H27BF24N2. The molecule has 0 spiro atoms. The van der Waals surface area contributed by atoms with Crippen LogP contribution in [0.5, 0.6) is 0 Å². The predicted molar refractivity (Wildman–Crippen MR) is 209 cm³/mol. The summed E-state index contributed by atoms with van der Waals surface area (Å²) in [6.45, 7) is 3.07. The number of aryl methyl sites for hydroxylation is 1. The Bertz CT molecular complexity index is 2430. The van der Waals surface area contributed by atoms with Crippen LogP contribution in [0.4, 0.5) is 105 Å². The van der Waals surface area contributed by atoms with Gasteiger partial charge in [-0.15, -0.1) is 0 Å².